The Bertz CT molecular complexity index is 519. The summed E-state index contributed by atoms with van der Waals surface area (Å²) >= 11 is 3.48. The summed E-state index contributed by atoms with van der Waals surface area (Å²) in [6.45, 7) is 7.75. The van der Waals surface area contributed by atoms with E-state index in [4.69, 9.17) is 4.74 Å². The molecule has 116 valence electrons. The Morgan fingerprint density at radius 2 is 1.81 bits per heavy atom. The molecule has 0 heterocycles. The molecule has 21 heavy (non-hydrogen) atoms. The van der Waals surface area contributed by atoms with Gasteiger partial charge in [0.1, 0.15) is 6.04 Å². The highest BCUT2D eigenvalue weighted by molar-refractivity contribution is 9.10. The Balaban J connectivity index is 2.99. The highest BCUT2D eigenvalue weighted by Crippen LogP contribution is 2.22. The predicted molar refractivity (Wildman–Crippen MR) is 86.3 cm³/mol. The van der Waals surface area contributed by atoms with Gasteiger partial charge in [-0.2, -0.15) is 0 Å². The van der Waals surface area contributed by atoms with Crippen molar-refractivity contribution < 1.29 is 14.3 Å². The summed E-state index contributed by atoms with van der Waals surface area (Å²) in [6, 6.07) is 2.98. The zero-order valence-corrected chi connectivity index (χ0v) is 14.7. The van der Waals surface area contributed by atoms with Gasteiger partial charge in [0.25, 0.3) is 5.91 Å². The van der Waals surface area contributed by atoms with Crippen LogP contribution < -0.4 is 5.32 Å². The Hall–Kier alpha value is -1.36. The molecule has 1 aromatic carbocycles. The van der Waals surface area contributed by atoms with Gasteiger partial charge in [-0.25, -0.2) is 4.79 Å². The van der Waals surface area contributed by atoms with Crippen LogP contribution in [0, 0.1) is 19.8 Å². The molecule has 4 nitrogen and oxygen atoms in total. The van der Waals surface area contributed by atoms with Gasteiger partial charge in [-0.15, -0.1) is 0 Å². The first-order valence-electron chi connectivity index (χ1n) is 6.97. The summed E-state index contributed by atoms with van der Waals surface area (Å²) in [5.74, 6) is -0.660. The first-order chi connectivity index (χ1) is 9.81. The molecular weight excluding hydrogens is 334 g/mol. The molecule has 0 saturated heterocycles. The van der Waals surface area contributed by atoms with Crippen LogP contribution >= 0.6 is 15.9 Å². The molecule has 1 aromatic rings. The van der Waals surface area contributed by atoms with Crippen molar-refractivity contribution >= 4 is 27.8 Å². The van der Waals surface area contributed by atoms with Crippen molar-refractivity contribution in [3.05, 3.63) is 33.3 Å². The number of rotatable bonds is 5. The number of esters is 1. The van der Waals surface area contributed by atoms with Crippen molar-refractivity contribution in [1.29, 1.82) is 0 Å². The van der Waals surface area contributed by atoms with E-state index in [0.717, 1.165) is 22.0 Å². The Morgan fingerprint density at radius 1 is 1.29 bits per heavy atom. The summed E-state index contributed by atoms with van der Waals surface area (Å²) in [7, 11) is 1.33. The molecule has 0 bridgehead atoms. The summed E-state index contributed by atoms with van der Waals surface area (Å²) in [5, 5.41) is 2.78. The second-order valence-corrected chi connectivity index (χ2v) is 6.08. The van der Waals surface area contributed by atoms with Gasteiger partial charge in [-0.3, -0.25) is 4.79 Å². The number of halogens is 1. The fraction of sp³-hybridized carbons (Fsp3) is 0.500. The van der Waals surface area contributed by atoms with E-state index in [-0.39, 0.29) is 11.8 Å². The quantitative estimate of drug-likeness (QED) is 0.823. The molecule has 0 aliphatic heterocycles. The van der Waals surface area contributed by atoms with Gasteiger partial charge < -0.3 is 10.1 Å². The standard InChI is InChI=1S/C16H22BrNO3/c1-6-9(2)14(16(20)21-5)18-15(19)12-7-10(3)13(17)11(4)8-12/h7-9,14H,6H2,1-5H3,(H,18,19)/t9?,14-/m0/s1. The van der Waals surface area contributed by atoms with E-state index >= 15 is 0 Å². The molecule has 0 fully saturated rings. The number of methoxy groups -OCH3 is 1. The van der Waals surface area contributed by atoms with Crippen molar-refractivity contribution in [2.75, 3.05) is 7.11 Å². The van der Waals surface area contributed by atoms with E-state index in [1.807, 2.05) is 27.7 Å². The summed E-state index contributed by atoms with van der Waals surface area (Å²) in [5.41, 5.74) is 2.52. The minimum absolute atomic E-state index is 0.0130. The third-order valence-electron chi connectivity index (χ3n) is 3.65. The average Bonchev–Trinajstić information content (AvgIpc) is 2.47. The lowest BCUT2D eigenvalue weighted by Crippen LogP contribution is -2.45. The van der Waals surface area contributed by atoms with Crippen LogP contribution in [0.5, 0.6) is 0 Å². The van der Waals surface area contributed by atoms with E-state index in [1.165, 1.54) is 7.11 Å². The van der Waals surface area contributed by atoms with Crippen LogP contribution in [0.25, 0.3) is 0 Å². The Morgan fingerprint density at radius 3 is 2.24 bits per heavy atom. The maximum absolute atomic E-state index is 12.4. The fourth-order valence-corrected chi connectivity index (χ4v) is 2.33. The van der Waals surface area contributed by atoms with E-state index in [9.17, 15) is 9.59 Å². The van der Waals surface area contributed by atoms with Crippen LogP contribution in [0.3, 0.4) is 0 Å². The average molecular weight is 356 g/mol. The van der Waals surface area contributed by atoms with Gasteiger partial charge in [-0.05, 0) is 43.0 Å². The Kier molecular flexibility index (Phi) is 6.40. The molecule has 0 saturated carbocycles. The predicted octanol–water partition coefficient (Wildman–Crippen LogP) is 3.38. The van der Waals surface area contributed by atoms with Crippen molar-refractivity contribution in [2.24, 2.45) is 5.92 Å². The molecule has 2 atom stereocenters. The van der Waals surface area contributed by atoms with Crippen LogP contribution in [0.15, 0.2) is 16.6 Å². The van der Waals surface area contributed by atoms with Crippen LogP contribution in [0.2, 0.25) is 0 Å². The molecule has 1 amide bonds. The highest BCUT2D eigenvalue weighted by Gasteiger charge is 2.27. The number of hydrogen-bond donors (Lipinski definition) is 1. The minimum atomic E-state index is -0.628. The lowest BCUT2D eigenvalue weighted by Gasteiger charge is -2.22. The maximum atomic E-state index is 12.4. The van der Waals surface area contributed by atoms with Gasteiger partial charge >= 0.3 is 5.97 Å². The number of aryl methyl sites for hydroxylation is 2. The minimum Gasteiger partial charge on any atom is -0.467 e. The van der Waals surface area contributed by atoms with Gasteiger partial charge in [0, 0.05) is 10.0 Å². The molecule has 0 spiro atoms. The van der Waals surface area contributed by atoms with Crippen LogP contribution in [-0.2, 0) is 9.53 Å². The maximum Gasteiger partial charge on any atom is 0.328 e. The van der Waals surface area contributed by atoms with Crippen molar-refractivity contribution in [3.63, 3.8) is 0 Å². The number of benzene rings is 1. The topological polar surface area (TPSA) is 55.4 Å². The SMILES string of the molecule is CCC(C)[C@H](NC(=O)c1cc(C)c(Br)c(C)c1)C(=O)OC. The van der Waals surface area contributed by atoms with Gasteiger partial charge in [-0.1, -0.05) is 36.2 Å². The molecule has 0 radical (unpaired) electrons. The molecule has 1 rings (SSSR count). The molecule has 0 aliphatic rings. The zero-order chi connectivity index (χ0) is 16.2. The lowest BCUT2D eigenvalue weighted by molar-refractivity contribution is -0.144. The summed E-state index contributed by atoms with van der Waals surface area (Å²) < 4.78 is 5.77. The third-order valence-corrected chi connectivity index (χ3v) is 4.90. The molecule has 1 unspecified atom stereocenters. The van der Waals surface area contributed by atoms with Crippen LogP contribution in [0.1, 0.15) is 41.8 Å². The number of carbonyl (C=O) groups is 2. The van der Waals surface area contributed by atoms with Crippen LogP contribution in [0.4, 0.5) is 0 Å². The first-order valence-corrected chi connectivity index (χ1v) is 7.76. The summed E-state index contributed by atoms with van der Waals surface area (Å²) in [4.78, 5) is 24.2. The Labute approximate surface area is 134 Å². The van der Waals surface area contributed by atoms with Gasteiger partial charge in [0.15, 0.2) is 0 Å². The number of nitrogens with one attached hydrogen (secondary N) is 1. The molecule has 0 aliphatic carbocycles. The molecular formula is C16H22BrNO3. The second kappa shape index (κ2) is 7.59. The first kappa shape index (κ1) is 17.7. The molecule has 0 aromatic heterocycles. The number of hydrogen-bond acceptors (Lipinski definition) is 3. The monoisotopic (exact) mass is 355 g/mol. The fourth-order valence-electron chi connectivity index (χ4n) is 2.10. The van der Waals surface area contributed by atoms with Crippen LogP contribution in [-0.4, -0.2) is 25.0 Å². The smallest absolute Gasteiger partial charge is 0.328 e. The largest absolute Gasteiger partial charge is 0.467 e. The van der Waals surface area contributed by atoms with Crippen molar-refractivity contribution in [3.8, 4) is 0 Å². The van der Waals surface area contributed by atoms with E-state index in [0.29, 0.717) is 5.56 Å². The summed E-state index contributed by atoms with van der Waals surface area (Å²) in [6.07, 6.45) is 0.776. The van der Waals surface area contributed by atoms with Crippen molar-refractivity contribution in [1.82, 2.24) is 5.32 Å². The van der Waals surface area contributed by atoms with E-state index in [1.54, 1.807) is 12.1 Å². The van der Waals surface area contributed by atoms with Crippen molar-refractivity contribution in [2.45, 2.75) is 40.2 Å². The van der Waals surface area contributed by atoms with Gasteiger partial charge in [0.05, 0.1) is 7.11 Å². The number of amides is 1. The van der Waals surface area contributed by atoms with Gasteiger partial charge in [0.2, 0.25) is 0 Å². The second-order valence-electron chi connectivity index (χ2n) is 5.28. The zero-order valence-electron chi connectivity index (χ0n) is 13.1. The third kappa shape index (κ3) is 4.30. The molecule has 1 N–H and O–H groups in total. The van der Waals surface area contributed by atoms with E-state index in [2.05, 4.69) is 21.2 Å². The highest BCUT2D eigenvalue weighted by atomic mass is 79.9. The number of carbonyl (C=O) groups excluding carboxylic acids is 2. The molecule has 5 heteroatoms. The van der Waals surface area contributed by atoms with E-state index < -0.39 is 12.0 Å². The normalized spacial score (nSPS) is 13.4. The number of ether oxygens (including phenoxy) is 1. The lowest BCUT2D eigenvalue weighted by atomic mass is 9.98.